The Morgan fingerprint density at radius 3 is 2.87 bits per heavy atom. The molecule has 5 nitrogen and oxygen atoms in total. The summed E-state index contributed by atoms with van der Waals surface area (Å²) < 4.78 is 1.71. The number of rotatable bonds is 2. The molecular formula is C9H9ClN4O. The van der Waals surface area contributed by atoms with Gasteiger partial charge in [0.2, 0.25) is 0 Å². The molecule has 0 fully saturated rings. The van der Waals surface area contributed by atoms with E-state index in [0.717, 1.165) is 5.56 Å². The highest BCUT2D eigenvalue weighted by atomic mass is 35.5. The monoisotopic (exact) mass is 224 g/mol. The predicted octanol–water partition coefficient (Wildman–Crippen LogP) is 1.02. The Morgan fingerprint density at radius 1 is 1.47 bits per heavy atom. The average Bonchev–Trinajstić information content (AvgIpc) is 2.59. The minimum atomic E-state index is -0.137. The van der Waals surface area contributed by atoms with Crippen molar-refractivity contribution in [2.75, 3.05) is 0 Å². The van der Waals surface area contributed by atoms with Crippen molar-refractivity contribution in [3.8, 4) is 11.4 Å². The molecule has 6 heteroatoms. The molecule has 0 bridgehead atoms. The van der Waals surface area contributed by atoms with E-state index in [-0.39, 0.29) is 6.61 Å². The molecule has 0 aliphatic heterocycles. The fourth-order valence-corrected chi connectivity index (χ4v) is 1.47. The summed E-state index contributed by atoms with van der Waals surface area (Å²) in [5, 5.41) is 17.2. The summed E-state index contributed by atoms with van der Waals surface area (Å²) in [6.07, 6.45) is 1.60. The summed E-state index contributed by atoms with van der Waals surface area (Å²) in [7, 11) is 1.79. The maximum absolute atomic E-state index is 8.97. The van der Waals surface area contributed by atoms with Crippen molar-refractivity contribution in [2.45, 2.75) is 6.61 Å². The van der Waals surface area contributed by atoms with Crippen molar-refractivity contribution >= 4 is 11.6 Å². The largest absolute Gasteiger partial charge is 0.388 e. The third-order valence-electron chi connectivity index (χ3n) is 2.09. The molecule has 78 valence electrons. The number of aliphatic hydroxyl groups is 1. The average molecular weight is 225 g/mol. The van der Waals surface area contributed by atoms with Gasteiger partial charge >= 0.3 is 0 Å². The van der Waals surface area contributed by atoms with Crippen LogP contribution in [0.5, 0.6) is 0 Å². The number of hydrogen-bond donors (Lipinski definition) is 1. The Bertz CT molecular complexity index is 483. The summed E-state index contributed by atoms with van der Waals surface area (Å²) in [4.78, 5) is 3.88. The number of pyridine rings is 1. The molecule has 2 heterocycles. The van der Waals surface area contributed by atoms with Crippen molar-refractivity contribution in [1.82, 2.24) is 19.7 Å². The Balaban J connectivity index is 2.49. The van der Waals surface area contributed by atoms with Gasteiger partial charge in [0, 0.05) is 18.8 Å². The molecule has 0 spiro atoms. The number of halogens is 1. The molecule has 0 atom stereocenters. The molecule has 15 heavy (non-hydrogen) atoms. The van der Waals surface area contributed by atoms with Crippen LogP contribution < -0.4 is 0 Å². The van der Waals surface area contributed by atoms with Gasteiger partial charge in [0.25, 0.3) is 0 Å². The minimum Gasteiger partial charge on any atom is -0.388 e. The van der Waals surface area contributed by atoms with Crippen LogP contribution in [0, 0.1) is 0 Å². The lowest BCUT2D eigenvalue weighted by Crippen LogP contribution is -1.99. The SMILES string of the molecule is Cn1c(CO)nnc1-c1ccnc(Cl)c1. The lowest BCUT2D eigenvalue weighted by molar-refractivity contribution is 0.267. The smallest absolute Gasteiger partial charge is 0.163 e. The van der Waals surface area contributed by atoms with Crippen molar-refractivity contribution < 1.29 is 5.11 Å². The first-order chi connectivity index (χ1) is 7.22. The second kappa shape index (κ2) is 3.96. The van der Waals surface area contributed by atoms with Crippen LogP contribution in [0.3, 0.4) is 0 Å². The second-order valence-electron chi connectivity index (χ2n) is 3.02. The Kier molecular flexibility index (Phi) is 2.66. The molecule has 0 aromatic carbocycles. The zero-order valence-corrected chi connectivity index (χ0v) is 8.81. The molecule has 0 unspecified atom stereocenters. The van der Waals surface area contributed by atoms with E-state index in [1.54, 1.807) is 29.9 Å². The predicted molar refractivity (Wildman–Crippen MR) is 55.2 cm³/mol. The Morgan fingerprint density at radius 2 is 2.27 bits per heavy atom. The molecular weight excluding hydrogens is 216 g/mol. The summed E-state index contributed by atoms with van der Waals surface area (Å²) in [6, 6.07) is 3.49. The molecule has 0 aliphatic carbocycles. The summed E-state index contributed by atoms with van der Waals surface area (Å²) in [6.45, 7) is -0.137. The Labute approximate surface area is 91.4 Å². The molecule has 2 aromatic rings. The van der Waals surface area contributed by atoms with Crippen LogP contribution in [0.4, 0.5) is 0 Å². The van der Waals surface area contributed by atoms with Crippen LogP contribution >= 0.6 is 11.6 Å². The minimum absolute atomic E-state index is 0.137. The van der Waals surface area contributed by atoms with E-state index in [9.17, 15) is 0 Å². The number of aromatic nitrogens is 4. The molecule has 0 saturated heterocycles. The first-order valence-electron chi connectivity index (χ1n) is 4.33. The second-order valence-corrected chi connectivity index (χ2v) is 3.41. The number of aliphatic hydroxyl groups excluding tert-OH is 1. The molecule has 2 rings (SSSR count). The molecule has 0 amide bonds. The standard InChI is InChI=1S/C9H9ClN4O/c1-14-8(5-15)12-13-9(14)6-2-3-11-7(10)4-6/h2-4,15H,5H2,1H3. The molecule has 0 saturated carbocycles. The third-order valence-corrected chi connectivity index (χ3v) is 2.30. The fourth-order valence-electron chi connectivity index (χ4n) is 1.29. The molecule has 0 aliphatic rings. The van der Waals surface area contributed by atoms with Gasteiger partial charge in [-0.05, 0) is 12.1 Å². The molecule has 1 N–H and O–H groups in total. The normalized spacial score (nSPS) is 10.6. The van der Waals surface area contributed by atoms with E-state index < -0.39 is 0 Å². The van der Waals surface area contributed by atoms with E-state index in [4.69, 9.17) is 16.7 Å². The first-order valence-corrected chi connectivity index (χ1v) is 4.71. The van der Waals surface area contributed by atoms with Gasteiger partial charge in [-0.15, -0.1) is 10.2 Å². The molecule has 2 aromatic heterocycles. The number of hydrogen-bond acceptors (Lipinski definition) is 4. The Hall–Kier alpha value is -1.46. The third kappa shape index (κ3) is 1.84. The van der Waals surface area contributed by atoms with E-state index in [1.165, 1.54) is 0 Å². The van der Waals surface area contributed by atoms with Gasteiger partial charge in [-0.3, -0.25) is 0 Å². The molecule has 0 radical (unpaired) electrons. The van der Waals surface area contributed by atoms with Gasteiger partial charge in [-0.1, -0.05) is 11.6 Å². The summed E-state index contributed by atoms with van der Waals surface area (Å²) in [5.41, 5.74) is 0.824. The zero-order chi connectivity index (χ0) is 10.8. The first kappa shape index (κ1) is 10.1. The van der Waals surface area contributed by atoms with E-state index >= 15 is 0 Å². The van der Waals surface area contributed by atoms with Crippen molar-refractivity contribution in [2.24, 2.45) is 7.05 Å². The van der Waals surface area contributed by atoms with Crippen LogP contribution in [0.25, 0.3) is 11.4 Å². The summed E-state index contributed by atoms with van der Waals surface area (Å²) in [5.74, 6) is 1.17. The van der Waals surface area contributed by atoms with Gasteiger partial charge in [0.15, 0.2) is 11.6 Å². The lowest BCUT2D eigenvalue weighted by Gasteiger charge is -2.01. The topological polar surface area (TPSA) is 63.8 Å². The summed E-state index contributed by atoms with van der Waals surface area (Å²) >= 11 is 5.77. The van der Waals surface area contributed by atoms with Crippen molar-refractivity contribution in [3.63, 3.8) is 0 Å². The quantitative estimate of drug-likeness (QED) is 0.774. The van der Waals surface area contributed by atoms with Crippen LogP contribution in [0.15, 0.2) is 18.3 Å². The van der Waals surface area contributed by atoms with E-state index in [1.807, 2.05) is 0 Å². The van der Waals surface area contributed by atoms with Crippen LogP contribution in [0.2, 0.25) is 5.15 Å². The van der Waals surface area contributed by atoms with Gasteiger partial charge in [-0.2, -0.15) is 0 Å². The van der Waals surface area contributed by atoms with Crippen molar-refractivity contribution in [1.29, 1.82) is 0 Å². The lowest BCUT2D eigenvalue weighted by atomic mass is 10.2. The van der Waals surface area contributed by atoms with Crippen LogP contribution in [0.1, 0.15) is 5.82 Å². The van der Waals surface area contributed by atoms with E-state index in [0.29, 0.717) is 16.8 Å². The maximum atomic E-state index is 8.97. The van der Waals surface area contributed by atoms with Gasteiger partial charge in [0.1, 0.15) is 11.8 Å². The zero-order valence-electron chi connectivity index (χ0n) is 8.05. The van der Waals surface area contributed by atoms with Crippen LogP contribution in [-0.2, 0) is 13.7 Å². The van der Waals surface area contributed by atoms with E-state index in [2.05, 4.69) is 15.2 Å². The van der Waals surface area contributed by atoms with Crippen LogP contribution in [-0.4, -0.2) is 24.9 Å². The highest BCUT2D eigenvalue weighted by Gasteiger charge is 2.09. The van der Waals surface area contributed by atoms with Crippen molar-refractivity contribution in [3.05, 3.63) is 29.3 Å². The van der Waals surface area contributed by atoms with Gasteiger partial charge in [0.05, 0.1) is 0 Å². The number of nitrogens with zero attached hydrogens (tertiary/aromatic N) is 4. The van der Waals surface area contributed by atoms with Gasteiger partial charge in [-0.25, -0.2) is 4.98 Å². The highest BCUT2D eigenvalue weighted by Crippen LogP contribution is 2.19. The maximum Gasteiger partial charge on any atom is 0.163 e. The fraction of sp³-hybridized carbons (Fsp3) is 0.222. The van der Waals surface area contributed by atoms with Gasteiger partial charge < -0.3 is 9.67 Å². The highest BCUT2D eigenvalue weighted by molar-refractivity contribution is 6.29.